The molecule has 0 saturated carbocycles. The van der Waals surface area contributed by atoms with Gasteiger partial charge < -0.3 is 18.6 Å². The van der Waals surface area contributed by atoms with Crippen LogP contribution in [0.5, 0.6) is 0 Å². The SMILES string of the molecule is Cc1cc(C)c2c(CC(=O)N3CCOC(c4nc(-c5cccnc5)no4)C3)coc2c1. The number of fused-ring (bicyclic) bond motifs is 1. The van der Waals surface area contributed by atoms with Crippen LogP contribution in [0.1, 0.15) is 28.7 Å². The topological polar surface area (TPSA) is 94.5 Å². The number of carbonyl (C=O) groups is 1. The van der Waals surface area contributed by atoms with Gasteiger partial charge in [0, 0.05) is 35.5 Å². The Morgan fingerprint density at radius 2 is 2.19 bits per heavy atom. The van der Waals surface area contributed by atoms with Gasteiger partial charge in [-0.15, -0.1) is 0 Å². The molecule has 3 aromatic heterocycles. The second kappa shape index (κ2) is 7.96. The van der Waals surface area contributed by atoms with Crippen LogP contribution in [-0.2, 0) is 16.0 Å². The number of aromatic nitrogens is 3. The van der Waals surface area contributed by atoms with Crippen LogP contribution in [0.3, 0.4) is 0 Å². The highest BCUT2D eigenvalue weighted by Gasteiger charge is 2.30. The number of morpholine rings is 1. The highest BCUT2D eigenvalue weighted by molar-refractivity contribution is 5.90. The number of benzene rings is 1. The number of ether oxygens (including phenoxy) is 1. The molecule has 158 valence electrons. The van der Waals surface area contributed by atoms with Gasteiger partial charge in [0.2, 0.25) is 11.7 Å². The molecule has 1 amide bonds. The number of aryl methyl sites for hydroxylation is 2. The molecule has 1 aliphatic rings. The molecule has 1 aromatic carbocycles. The fourth-order valence-corrected chi connectivity index (χ4v) is 4.03. The minimum Gasteiger partial charge on any atom is -0.464 e. The van der Waals surface area contributed by atoms with Gasteiger partial charge in [-0.25, -0.2) is 0 Å². The maximum atomic E-state index is 13.0. The lowest BCUT2D eigenvalue weighted by atomic mass is 10.0. The Kier molecular flexibility index (Phi) is 4.99. The molecule has 0 aliphatic carbocycles. The summed E-state index contributed by atoms with van der Waals surface area (Å²) in [6.07, 6.45) is 4.86. The first-order valence-corrected chi connectivity index (χ1v) is 10.2. The summed E-state index contributed by atoms with van der Waals surface area (Å²) in [5, 5.41) is 5.04. The van der Waals surface area contributed by atoms with Gasteiger partial charge in [0.05, 0.1) is 25.8 Å². The molecule has 1 aliphatic heterocycles. The number of pyridine rings is 1. The molecule has 1 atom stereocenters. The first-order valence-electron chi connectivity index (χ1n) is 10.2. The lowest BCUT2D eigenvalue weighted by Gasteiger charge is -2.31. The summed E-state index contributed by atoms with van der Waals surface area (Å²) in [6, 6.07) is 7.77. The normalized spacial score (nSPS) is 16.7. The van der Waals surface area contributed by atoms with E-state index in [-0.39, 0.29) is 12.3 Å². The van der Waals surface area contributed by atoms with Gasteiger partial charge in [0.25, 0.3) is 5.89 Å². The molecule has 1 fully saturated rings. The van der Waals surface area contributed by atoms with E-state index in [1.807, 2.05) is 32.0 Å². The van der Waals surface area contributed by atoms with Crippen LogP contribution in [0.15, 0.2) is 51.9 Å². The van der Waals surface area contributed by atoms with Gasteiger partial charge in [-0.3, -0.25) is 9.78 Å². The van der Waals surface area contributed by atoms with Crippen LogP contribution in [0.2, 0.25) is 0 Å². The van der Waals surface area contributed by atoms with E-state index in [9.17, 15) is 4.79 Å². The van der Waals surface area contributed by atoms with Crippen molar-refractivity contribution in [2.45, 2.75) is 26.4 Å². The van der Waals surface area contributed by atoms with Crippen molar-refractivity contribution in [2.75, 3.05) is 19.7 Å². The molecule has 4 aromatic rings. The summed E-state index contributed by atoms with van der Waals surface area (Å²) < 4.78 is 16.9. The smallest absolute Gasteiger partial charge is 0.257 e. The van der Waals surface area contributed by atoms with Crippen molar-refractivity contribution in [3.63, 3.8) is 0 Å². The minimum absolute atomic E-state index is 0.0166. The van der Waals surface area contributed by atoms with E-state index in [4.69, 9.17) is 13.7 Å². The van der Waals surface area contributed by atoms with Crippen molar-refractivity contribution in [3.8, 4) is 11.4 Å². The maximum absolute atomic E-state index is 13.0. The number of hydrogen-bond donors (Lipinski definition) is 0. The Balaban J connectivity index is 1.31. The monoisotopic (exact) mass is 418 g/mol. The van der Waals surface area contributed by atoms with E-state index in [1.54, 1.807) is 23.6 Å². The van der Waals surface area contributed by atoms with Crippen LogP contribution >= 0.6 is 0 Å². The predicted octanol–water partition coefficient (Wildman–Crippen LogP) is 3.64. The maximum Gasteiger partial charge on any atom is 0.257 e. The molecular formula is C23H22N4O4. The van der Waals surface area contributed by atoms with Crippen molar-refractivity contribution in [1.82, 2.24) is 20.0 Å². The van der Waals surface area contributed by atoms with E-state index in [0.29, 0.717) is 31.4 Å². The fraction of sp³-hybridized carbons (Fsp3) is 0.304. The third-order valence-corrected chi connectivity index (χ3v) is 5.49. The molecule has 0 spiro atoms. The van der Waals surface area contributed by atoms with Crippen molar-refractivity contribution >= 4 is 16.9 Å². The number of hydrogen-bond acceptors (Lipinski definition) is 7. The average molecular weight is 418 g/mol. The van der Waals surface area contributed by atoms with Gasteiger partial charge in [0.1, 0.15) is 5.58 Å². The van der Waals surface area contributed by atoms with Gasteiger partial charge in [0.15, 0.2) is 6.10 Å². The first kappa shape index (κ1) is 19.4. The summed E-state index contributed by atoms with van der Waals surface area (Å²) in [5.41, 5.74) is 4.73. The largest absolute Gasteiger partial charge is 0.464 e. The Hall–Kier alpha value is -3.52. The van der Waals surface area contributed by atoms with Gasteiger partial charge >= 0.3 is 0 Å². The van der Waals surface area contributed by atoms with E-state index in [0.717, 1.165) is 33.2 Å². The molecule has 4 heterocycles. The minimum atomic E-state index is -0.457. The van der Waals surface area contributed by atoms with E-state index < -0.39 is 6.10 Å². The van der Waals surface area contributed by atoms with E-state index in [1.165, 1.54) is 0 Å². The van der Waals surface area contributed by atoms with Gasteiger partial charge in [-0.2, -0.15) is 4.98 Å². The standard InChI is InChI=1S/C23H22N4O4/c1-14-8-15(2)21-17(13-30-18(21)9-14)10-20(28)27-6-7-29-19(12-27)23-25-22(26-31-23)16-4-3-5-24-11-16/h3-5,8-9,11,13,19H,6-7,10,12H2,1-2H3. The number of amides is 1. The quantitative estimate of drug-likeness (QED) is 0.499. The summed E-state index contributed by atoms with van der Waals surface area (Å²) in [5.74, 6) is 0.824. The van der Waals surface area contributed by atoms with Crippen molar-refractivity contribution in [2.24, 2.45) is 0 Å². The Morgan fingerprint density at radius 1 is 1.29 bits per heavy atom. The molecule has 31 heavy (non-hydrogen) atoms. The molecule has 1 unspecified atom stereocenters. The molecular weight excluding hydrogens is 396 g/mol. The Bertz CT molecular complexity index is 1230. The lowest BCUT2D eigenvalue weighted by Crippen LogP contribution is -2.43. The van der Waals surface area contributed by atoms with Gasteiger partial charge in [-0.05, 0) is 43.2 Å². The number of furan rings is 1. The summed E-state index contributed by atoms with van der Waals surface area (Å²) >= 11 is 0. The second-order valence-corrected chi connectivity index (χ2v) is 7.79. The Morgan fingerprint density at radius 3 is 3.03 bits per heavy atom. The zero-order chi connectivity index (χ0) is 21.4. The van der Waals surface area contributed by atoms with Crippen LogP contribution in [0.25, 0.3) is 22.4 Å². The molecule has 5 rings (SSSR count). The van der Waals surface area contributed by atoms with Gasteiger partial charge in [-0.1, -0.05) is 11.2 Å². The number of rotatable bonds is 4. The average Bonchev–Trinajstić information content (AvgIpc) is 3.42. The predicted molar refractivity (Wildman–Crippen MR) is 112 cm³/mol. The third-order valence-electron chi connectivity index (χ3n) is 5.49. The van der Waals surface area contributed by atoms with E-state index >= 15 is 0 Å². The fourth-order valence-electron chi connectivity index (χ4n) is 4.03. The van der Waals surface area contributed by atoms with Crippen LogP contribution < -0.4 is 0 Å². The molecule has 0 bridgehead atoms. The highest BCUT2D eigenvalue weighted by atomic mass is 16.5. The van der Waals surface area contributed by atoms with Crippen LogP contribution in [0.4, 0.5) is 0 Å². The van der Waals surface area contributed by atoms with Crippen LogP contribution in [0, 0.1) is 13.8 Å². The third kappa shape index (κ3) is 3.82. The summed E-state index contributed by atoms with van der Waals surface area (Å²) in [7, 11) is 0. The second-order valence-electron chi connectivity index (χ2n) is 7.79. The van der Waals surface area contributed by atoms with Crippen molar-refractivity contribution < 1.29 is 18.5 Å². The number of carbonyl (C=O) groups excluding carboxylic acids is 1. The zero-order valence-corrected chi connectivity index (χ0v) is 17.4. The highest BCUT2D eigenvalue weighted by Crippen LogP contribution is 2.28. The zero-order valence-electron chi connectivity index (χ0n) is 17.4. The van der Waals surface area contributed by atoms with E-state index in [2.05, 4.69) is 21.2 Å². The van der Waals surface area contributed by atoms with Crippen molar-refractivity contribution in [1.29, 1.82) is 0 Å². The van der Waals surface area contributed by atoms with Crippen molar-refractivity contribution in [3.05, 3.63) is 65.5 Å². The summed E-state index contributed by atoms with van der Waals surface area (Å²) in [6.45, 7) is 5.36. The molecule has 0 N–H and O–H groups in total. The summed E-state index contributed by atoms with van der Waals surface area (Å²) in [4.78, 5) is 23.3. The molecule has 0 radical (unpaired) electrons. The van der Waals surface area contributed by atoms with Crippen LogP contribution in [-0.4, -0.2) is 45.6 Å². The Labute approximate surface area is 178 Å². The lowest BCUT2D eigenvalue weighted by molar-refractivity contribution is -0.139. The molecule has 8 nitrogen and oxygen atoms in total. The first-order chi connectivity index (χ1) is 15.1. The molecule has 8 heteroatoms. The number of nitrogens with zero attached hydrogens (tertiary/aromatic N) is 4. The molecule has 1 saturated heterocycles.